The molecule has 168 valence electrons. The van der Waals surface area contributed by atoms with Gasteiger partial charge < -0.3 is 0 Å². The Bertz CT molecular complexity index is 1300. The van der Waals surface area contributed by atoms with Gasteiger partial charge in [0, 0.05) is 13.1 Å². The number of benzene rings is 3. The van der Waals surface area contributed by atoms with E-state index < -0.39 is 15.9 Å². The molecule has 0 fully saturated rings. The van der Waals surface area contributed by atoms with Crippen LogP contribution in [0.3, 0.4) is 0 Å². The Morgan fingerprint density at radius 1 is 0.848 bits per heavy atom. The summed E-state index contributed by atoms with van der Waals surface area (Å²) >= 11 is 6.85. The maximum absolute atomic E-state index is 13.5. The topological polar surface area (TPSA) is 92.3 Å². The van der Waals surface area contributed by atoms with Crippen molar-refractivity contribution in [3.63, 3.8) is 0 Å². The van der Waals surface area contributed by atoms with Gasteiger partial charge in [-0.15, -0.1) is 10.2 Å². The van der Waals surface area contributed by atoms with Crippen LogP contribution in [0, 0.1) is 0 Å². The minimum Gasteiger partial charge on any atom is -0.296 e. The Balaban J connectivity index is 1.59. The predicted molar refractivity (Wildman–Crippen MR) is 129 cm³/mol. The maximum Gasteiger partial charge on any atom is 0.272 e. The summed E-state index contributed by atoms with van der Waals surface area (Å²) in [5, 5.41) is 10.6. The van der Waals surface area contributed by atoms with Crippen LogP contribution in [-0.4, -0.2) is 28.8 Å². The number of carbonyl (C=O) groups excluding carboxylic acids is 1. The Kier molecular flexibility index (Phi) is 7.14. The monoisotopic (exact) mass is 498 g/mol. The van der Waals surface area contributed by atoms with Crippen molar-refractivity contribution in [1.29, 1.82) is 0 Å². The number of halogens is 1. The molecule has 1 N–H and O–H groups in total. The molecule has 0 radical (unpaired) electrons. The smallest absolute Gasteiger partial charge is 0.272 e. The van der Waals surface area contributed by atoms with Gasteiger partial charge in [-0.3, -0.25) is 10.1 Å². The molecule has 0 aliphatic carbocycles. The molecule has 0 saturated carbocycles. The Labute approximate surface area is 200 Å². The van der Waals surface area contributed by atoms with E-state index in [0.717, 1.165) is 22.5 Å². The first-order valence-electron chi connectivity index (χ1n) is 9.91. The molecule has 1 heterocycles. The third-order valence-electron chi connectivity index (χ3n) is 4.71. The van der Waals surface area contributed by atoms with Crippen LogP contribution in [0.25, 0.3) is 0 Å². The molecule has 0 saturated heterocycles. The summed E-state index contributed by atoms with van der Waals surface area (Å²) in [6, 6.07) is 25.2. The zero-order valence-corrected chi connectivity index (χ0v) is 19.6. The van der Waals surface area contributed by atoms with Crippen LogP contribution in [0.5, 0.6) is 0 Å². The number of amides is 1. The van der Waals surface area contributed by atoms with E-state index in [9.17, 15) is 13.2 Å². The molecule has 33 heavy (non-hydrogen) atoms. The van der Waals surface area contributed by atoms with E-state index >= 15 is 0 Å². The van der Waals surface area contributed by atoms with Gasteiger partial charge >= 0.3 is 0 Å². The number of hydrogen-bond acceptors (Lipinski definition) is 6. The minimum atomic E-state index is -3.98. The molecular formula is C23H19ClN4O3S2. The summed E-state index contributed by atoms with van der Waals surface area (Å²) in [5.74, 6) is -0.494. The molecule has 10 heteroatoms. The second kappa shape index (κ2) is 10.2. The fraction of sp³-hybridized carbons (Fsp3) is 0.0870. The van der Waals surface area contributed by atoms with Crippen molar-refractivity contribution in [1.82, 2.24) is 14.5 Å². The predicted octanol–water partition coefficient (Wildman–Crippen LogP) is 4.83. The number of hydrogen-bond donors (Lipinski definition) is 1. The molecular weight excluding hydrogens is 480 g/mol. The fourth-order valence-corrected chi connectivity index (χ4v) is 5.76. The van der Waals surface area contributed by atoms with Crippen molar-refractivity contribution in [2.24, 2.45) is 0 Å². The fourth-order valence-electron chi connectivity index (χ4n) is 3.08. The second-order valence-corrected chi connectivity index (χ2v) is 10.5. The Morgan fingerprint density at radius 3 is 1.97 bits per heavy atom. The zero-order valence-electron chi connectivity index (χ0n) is 17.3. The highest BCUT2D eigenvalue weighted by Gasteiger charge is 2.29. The van der Waals surface area contributed by atoms with Crippen LogP contribution >= 0.6 is 22.9 Å². The first-order valence-corrected chi connectivity index (χ1v) is 12.5. The van der Waals surface area contributed by atoms with Gasteiger partial charge in [-0.05, 0) is 23.3 Å². The van der Waals surface area contributed by atoms with E-state index in [1.807, 2.05) is 60.7 Å². The Hall–Kier alpha value is -3.11. The highest BCUT2D eigenvalue weighted by molar-refractivity contribution is 7.91. The van der Waals surface area contributed by atoms with E-state index in [4.69, 9.17) is 11.6 Å². The van der Waals surface area contributed by atoms with E-state index in [-0.39, 0.29) is 33.1 Å². The molecule has 0 aliphatic rings. The molecule has 0 spiro atoms. The minimum absolute atomic E-state index is 0.0675. The van der Waals surface area contributed by atoms with Crippen LogP contribution in [-0.2, 0) is 23.1 Å². The normalized spacial score (nSPS) is 11.5. The molecule has 7 nitrogen and oxygen atoms in total. The number of anilines is 1. The number of sulfonamides is 1. The number of nitrogens with zero attached hydrogens (tertiary/aromatic N) is 3. The van der Waals surface area contributed by atoms with Crippen molar-refractivity contribution >= 4 is 44.0 Å². The molecule has 0 atom stereocenters. The molecule has 1 amide bonds. The van der Waals surface area contributed by atoms with Gasteiger partial charge in [-0.25, -0.2) is 8.42 Å². The van der Waals surface area contributed by atoms with Crippen LogP contribution in [0.1, 0.15) is 21.5 Å². The third kappa shape index (κ3) is 5.63. The van der Waals surface area contributed by atoms with Crippen molar-refractivity contribution in [3.8, 4) is 0 Å². The molecule has 0 aliphatic heterocycles. The van der Waals surface area contributed by atoms with E-state index in [1.165, 1.54) is 4.31 Å². The third-order valence-corrected chi connectivity index (χ3v) is 8.02. The lowest BCUT2D eigenvalue weighted by atomic mass is 10.2. The average Bonchev–Trinajstić information content (AvgIpc) is 3.29. The van der Waals surface area contributed by atoms with Crippen molar-refractivity contribution < 1.29 is 13.2 Å². The van der Waals surface area contributed by atoms with E-state index in [2.05, 4.69) is 15.5 Å². The lowest BCUT2D eigenvalue weighted by Crippen LogP contribution is -2.30. The lowest BCUT2D eigenvalue weighted by molar-refractivity contribution is 0.102. The number of aromatic nitrogens is 2. The Morgan fingerprint density at radius 2 is 1.39 bits per heavy atom. The van der Waals surface area contributed by atoms with E-state index in [1.54, 1.807) is 24.3 Å². The van der Waals surface area contributed by atoms with Gasteiger partial charge in [0.1, 0.15) is 0 Å². The van der Waals surface area contributed by atoms with Gasteiger partial charge in [0.15, 0.2) is 0 Å². The summed E-state index contributed by atoms with van der Waals surface area (Å²) in [5.41, 5.74) is 1.94. The highest BCUT2D eigenvalue weighted by Crippen LogP contribution is 2.27. The highest BCUT2D eigenvalue weighted by atomic mass is 35.5. The summed E-state index contributed by atoms with van der Waals surface area (Å²) in [4.78, 5) is 12.5. The van der Waals surface area contributed by atoms with Gasteiger partial charge in [0.2, 0.25) is 9.47 Å². The largest absolute Gasteiger partial charge is 0.296 e. The zero-order chi connectivity index (χ0) is 23.3. The van der Waals surface area contributed by atoms with Gasteiger partial charge in [-0.1, -0.05) is 95.7 Å². The molecule has 0 unspecified atom stereocenters. The number of carbonyl (C=O) groups is 1. The van der Waals surface area contributed by atoms with Crippen LogP contribution in [0.15, 0.2) is 89.3 Å². The summed E-state index contributed by atoms with van der Waals surface area (Å²) < 4.78 is 28.1. The molecule has 4 rings (SSSR count). The van der Waals surface area contributed by atoms with Crippen LogP contribution < -0.4 is 5.32 Å². The van der Waals surface area contributed by atoms with Gasteiger partial charge in [0.05, 0.1) is 10.6 Å². The maximum atomic E-state index is 13.5. The summed E-state index contributed by atoms with van der Waals surface area (Å²) in [6.07, 6.45) is 0. The SMILES string of the molecule is O=C(Nc1nnc(S(=O)(=O)N(Cc2ccccc2)Cc2ccccc2)s1)c1ccccc1Cl. The molecule has 3 aromatic carbocycles. The molecule has 4 aromatic rings. The number of nitrogens with one attached hydrogen (secondary N) is 1. The van der Waals surface area contributed by atoms with Crippen LogP contribution in [0.4, 0.5) is 5.13 Å². The first-order chi connectivity index (χ1) is 15.9. The van der Waals surface area contributed by atoms with Gasteiger partial charge in [-0.2, -0.15) is 4.31 Å². The van der Waals surface area contributed by atoms with Crippen molar-refractivity contribution in [2.45, 2.75) is 17.4 Å². The standard InChI is InChI=1S/C23H19ClN4O3S2/c24-20-14-8-7-13-19(20)21(29)25-22-26-27-23(32-22)33(30,31)28(15-17-9-3-1-4-10-17)16-18-11-5-2-6-12-18/h1-14H,15-16H2,(H,25,26,29). The van der Waals surface area contributed by atoms with E-state index in [0.29, 0.717) is 0 Å². The molecule has 0 bridgehead atoms. The first kappa shape index (κ1) is 23.1. The lowest BCUT2D eigenvalue weighted by Gasteiger charge is -2.21. The summed E-state index contributed by atoms with van der Waals surface area (Å²) in [6.45, 7) is 0.331. The van der Waals surface area contributed by atoms with Crippen molar-refractivity contribution in [3.05, 3.63) is 107 Å². The molecule has 1 aromatic heterocycles. The quantitative estimate of drug-likeness (QED) is 0.351. The number of rotatable bonds is 8. The average molecular weight is 499 g/mol. The summed E-state index contributed by atoms with van der Waals surface area (Å²) in [7, 11) is -3.98. The van der Waals surface area contributed by atoms with Crippen molar-refractivity contribution in [2.75, 3.05) is 5.32 Å². The van der Waals surface area contributed by atoms with Crippen LogP contribution in [0.2, 0.25) is 5.02 Å². The van der Waals surface area contributed by atoms with Gasteiger partial charge in [0.25, 0.3) is 15.9 Å². The second-order valence-electron chi connectivity index (χ2n) is 7.05.